The van der Waals surface area contributed by atoms with Gasteiger partial charge in [0.05, 0.1) is 0 Å². The van der Waals surface area contributed by atoms with Crippen LogP contribution in [0.5, 0.6) is 0 Å². The van der Waals surface area contributed by atoms with Crippen LogP contribution in [0.2, 0.25) is 5.02 Å². The molecule has 17 heavy (non-hydrogen) atoms. The van der Waals surface area contributed by atoms with Crippen LogP contribution in [0, 0.1) is 5.41 Å². The molecule has 0 aromatic heterocycles. The topological polar surface area (TPSA) is 17.1 Å². The minimum atomic E-state index is 0.140. The smallest absolute Gasteiger partial charge is 0.132 e. The number of carbonyl (C=O) groups excluding carboxylic acids is 1. The van der Waals surface area contributed by atoms with Crippen molar-refractivity contribution < 1.29 is 4.79 Å². The SMILES string of the molecule is C=C1c2cc(Cl)ccc2CC12CCC(=O)CC2. The van der Waals surface area contributed by atoms with Gasteiger partial charge in [0.15, 0.2) is 0 Å². The third-order valence-corrected chi connectivity index (χ3v) is 4.57. The molecule has 1 aromatic carbocycles. The predicted octanol–water partition coefficient (Wildman–Crippen LogP) is 4.04. The average Bonchev–Trinajstić information content (AvgIpc) is 2.58. The van der Waals surface area contributed by atoms with Crippen LogP contribution in [0.4, 0.5) is 0 Å². The van der Waals surface area contributed by atoms with E-state index in [0.29, 0.717) is 18.6 Å². The van der Waals surface area contributed by atoms with Crippen molar-refractivity contribution in [3.05, 3.63) is 40.9 Å². The summed E-state index contributed by atoms with van der Waals surface area (Å²) in [5, 5.41) is 0.772. The number of rotatable bonds is 0. The Labute approximate surface area is 106 Å². The molecule has 3 rings (SSSR count). The normalized spacial score (nSPS) is 21.9. The fourth-order valence-electron chi connectivity index (χ4n) is 3.23. The van der Waals surface area contributed by atoms with Gasteiger partial charge in [-0.15, -0.1) is 0 Å². The second kappa shape index (κ2) is 3.71. The van der Waals surface area contributed by atoms with Crippen molar-refractivity contribution in [1.29, 1.82) is 0 Å². The molecule has 1 saturated carbocycles. The first-order valence-corrected chi connectivity index (χ1v) is 6.48. The number of benzene rings is 1. The van der Waals surface area contributed by atoms with E-state index >= 15 is 0 Å². The second-order valence-electron chi connectivity index (χ2n) is 5.28. The van der Waals surface area contributed by atoms with Crippen molar-refractivity contribution >= 4 is 23.0 Å². The molecule has 0 unspecified atom stereocenters. The summed E-state index contributed by atoms with van der Waals surface area (Å²) in [7, 11) is 0. The molecule has 0 radical (unpaired) electrons. The van der Waals surface area contributed by atoms with E-state index in [1.165, 1.54) is 16.7 Å². The molecule has 0 N–H and O–H groups in total. The summed E-state index contributed by atoms with van der Waals surface area (Å²) >= 11 is 6.04. The third kappa shape index (κ3) is 1.64. The van der Waals surface area contributed by atoms with E-state index in [-0.39, 0.29) is 5.41 Å². The Morgan fingerprint density at radius 2 is 1.94 bits per heavy atom. The summed E-state index contributed by atoms with van der Waals surface area (Å²) in [4.78, 5) is 11.4. The van der Waals surface area contributed by atoms with Gasteiger partial charge in [0, 0.05) is 23.3 Å². The molecule has 2 aliphatic rings. The van der Waals surface area contributed by atoms with Crippen LogP contribution in [0.15, 0.2) is 24.8 Å². The first-order valence-electron chi connectivity index (χ1n) is 6.11. The Hall–Kier alpha value is -1.08. The molecule has 2 heteroatoms. The summed E-state index contributed by atoms with van der Waals surface area (Å²) in [6.45, 7) is 4.27. The molecule has 1 fully saturated rings. The highest BCUT2D eigenvalue weighted by molar-refractivity contribution is 6.30. The zero-order valence-corrected chi connectivity index (χ0v) is 10.5. The van der Waals surface area contributed by atoms with E-state index in [1.807, 2.05) is 12.1 Å². The highest BCUT2D eigenvalue weighted by atomic mass is 35.5. The number of carbonyl (C=O) groups is 1. The van der Waals surface area contributed by atoms with Crippen LogP contribution < -0.4 is 0 Å². The van der Waals surface area contributed by atoms with Gasteiger partial charge >= 0.3 is 0 Å². The molecule has 0 bridgehead atoms. The Kier molecular flexibility index (Phi) is 2.41. The van der Waals surface area contributed by atoms with Gasteiger partial charge in [-0.1, -0.05) is 24.2 Å². The predicted molar refractivity (Wildman–Crippen MR) is 70.1 cm³/mol. The lowest BCUT2D eigenvalue weighted by Gasteiger charge is -2.34. The van der Waals surface area contributed by atoms with Crippen LogP contribution >= 0.6 is 11.6 Å². The largest absolute Gasteiger partial charge is 0.300 e. The maximum Gasteiger partial charge on any atom is 0.132 e. The number of Topliss-reactive ketones (excluding diaryl/α,β-unsaturated/α-hetero) is 1. The molecule has 88 valence electrons. The van der Waals surface area contributed by atoms with Crippen LogP contribution in [0.3, 0.4) is 0 Å². The van der Waals surface area contributed by atoms with Gasteiger partial charge in [-0.25, -0.2) is 0 Å². The number of hydrogen-bond acceptors (Lipinski definition) is 1. The lowest BCUT2D eigenvalue weighted by Crippen LogP contribution is -2.27. The number of halogens is 1. The van der Waals surface area contributed by atoms with E-state index in [2.05, 4.69) is 12.6 Å². The number of allylic oxidation sites excluding steroid dienone is 1. The summed E-state index contributed by atoms with van der Waals surface area (Å²) in [6.07, 6.45) is 4.36. The lowest BCUT2D eigenvalue weighted by molar-refractivity contribution is -0.121. The van der Waals surface area contributed by atoms with E-state index in [0.717, 1.165) is 24.3 Å². The molecule has 0 aliphatic heterocycles. The molecule has 0 atom stereocenters. The van der Waals surface area contributed by atoms with Crippen molar-refractivity contribution in [2.45, 2.75) is 32.1 Å². The molecule has 0 heterocycles. The van der Waals surface area contributed by atoms with E-state index < -0.39 is 0 Å². The summed E-state index contributed by atoms with van der Waals surface area (Å²) in [5.74, 6) is 0.400. The zero-order valence-electron chi connectivity index (χ0n) is 9.76. The number of hydrogen-bond donors (Lipinski definition) is 0. The molecule has 2 aliphatic carbocycles. The van der Waals surface area contributed by atoms with E-state index in [1.54, 1.807) is 0 Å². The van der Waals surface area contributed by atoms with Crippen LogP contribution in [0.25, 0.3) is 5.57 Å². The monoisotopic (exact) mass is 246 g/mol. The Morgan fingerprint density at radius 3 is 2.65 bits per heavy atom. The first kappa shape index (κ1) is 11.0. The minimum Gasteiger partial charge on any atom is -0.300 e. The maximum atomic E-state index is 11.4. The fourth-order valence-corrected chi connectivity index (χ4v) is 3.40. The van der Waals surface area contributed by atoms with Gasteiger partial charge in [-0.3, -0.25) is 4.79 Å². The standard InChI is InChI=1S/C15H15ClO/c1-10-14-8-12(16)3-2-11(14)9-15(10)6-4-13(17)5-7-15/h2-3,8H,1,4-7,9H2. The second-order valence-corrected chi connectivity index (χ2v) is 5.71. The van der Waals surface area contributed by atoms with Gasteiger partial charge in [0.25, 0.3) is 0 Å². The zero-order chi connectivity index (χ0) is 12.0. The molecular formula is C15H15ClO. The van der Waals surface area contributed by atoms with Crippen LogP contribution in [0.1, 0.15) is 36.8 Å². The van der Waals surface area contributed by atoms with Gasteiger partial charge < -0.3 is 0 Å². The quantitative estimate of drug-likeness (QED) is 0.675. The van der Waals surface area contributed by atoms with Crippen molar-refractivity contribution in [2.24, 2.45) is 5.41 Å². The molecule has 1 aromatic rings. The lowest BCUT2D eigenvalue weighted by atomic mass is 9.69. The van der Waals surface area contributed by atoms with Crippen molar-refractivity contribution in [3.63, 3.8) is 0 Å². The molecular weight excluding hydrogens is 232 g/mol. The Morgan fingerprint density at radius 1 is 1.24 bits per heavy atom. The summed E-state index contributed by atoms with van der Waals surface area (Å²) in [5.41, 5.74) is 3.89. The van der Waals surface area contributed by atoms with Crippen LogP contribution in [-0.2, 0) is 11.2 Å². The molecule has 0 saturated heterocycles. The maximum absolute atomic E-state index is 11.4. The number of ketones is 1. The van der Waals surface area contributed by atoms with Crippen molar-refractivity contribution in [2.75, 3.05) is 0 Å². The highest BCUT2D eigenvalue weighted by Gasteiger charge is 2.42. The number of fused-ring (bicyclic) bond motifs is 1. The van der Waals surface area contributed by atoms with Crippen molar-refractivity contribution in [1.82, 2.24) is 0 Å². The van der Waals surface area contributed by atoms with Gasteiger partial charge in [-0.05, 0) is 48.1 Å². The fraction of sp³-hybridized carbons (Fsp3) is 0.400. The average molecular weight is 247 g/mol. The van der Waals surface area contributed by atoms with Crippen LogP contribution in [-0.4, -0.2) is 5.78 Å². The van der Waals surface area contributed by atoms with Crippen molar-refractivity contribution in [3.8, 4) is 0 Å². The Balaban J connectivity index is 1.98. The molecule has 0 amide bonds. The molecule has 1 spiro atoms. The minimum absolute atomic E-state index is 0.140. The first-order chi connectivity index (χ1) is 8.11. The molecule has 1 nitrogen and oxygen atoms in total. The highest BCUT2D eigenvalue weighted by Crippen LogP contribution is 2.53. The van der Waals surface area contributed by atoms with E-state index in [9.17, 15) is 4.79 Å². The Bertz CT molecular complexity index is 506. The summed E-state index contributed by atoms with van der Waals surface area (Å²) in [6, 6.07) is 6.07. The van der Waals surface area contributed by atoms with Gasteiger partial charge in [0.1, 0.15) is 5.78 Å². The van der Waals surface area contributed by atoms with E-state index in [4.69, 9.17) is 11.6 Å². The van der Waals surface area contributed by atoms with Gasteiger partial charge in [-0.2, -0.15) is 0 Å². The third-order valence-electron chi connectivity index (χ3n) is 4.33. The van der Waals surface area contributed by atoms with Gasteiger partial charge in [0.2, 0.25) is 0 Å². The summed E-state index contributed by atoms with van der Waals surface area (Å²) < 4.78 is 0.